The monoisotopic (exact) mass is 870 g/mol. The number of nitrogens with zero attached hydrogens (tertiary/aromatic N) is 4. The van der Waals surface area contributed by atoms with E-state index in [1.807, 2.05) is 30.6 Å². The first-order valence-electron chi connectivity index (χ1n) is 23.1. The van der Waals surface area contributed by atoms with Crippen LogP contribution in [0.2, 0.25) is 0 Å². The summed E-state index contributed by atoms with van der Waals surface area (Å²) in [4.78, 5) is 16.0. The summed E-state index contributed by atoms with van der Waals surface area (Å²) >= 11 is 0. The van der Waals surface area contributed by atoms with Crippen molar-refractivity contribution < 1.29 is 5.11 Å². The number of benzene rings is 7. The highest BCUT2D eigenvalue weighted by Crippen LogP contribution is 2.47. The number of fused-ring (bicyclic) bond motifs is 1. The van der Waals surface area contributed by atoms with Crippen LogP contribution in [0.3, 0.4) is 0 Å². The molecule has 7 aromatic carbocycles. The molecule has 0 atom stereocenters. The highest BCUT2D eigenvalue weighted by molar-refractivity contribution is 5.98. The maximum Gasteiger partial charge on any atom is 0.165 e. The van der Waals surface area contributed by atoms with Gasteiger partial charge in [-0.15, -0.1) is 0 Å². The van der Waals surface area contributed by atoms with Gasteiger partial charge in [-0.25, -0.2) is 9.97 Å². The number of phenolic OH excluding ortho intramolecular Hbond substituents is 1. The van der Waals surface area contributed by atoms with E-state index >= 15 is 0 Å². The fourth-order valence-electron chi connectivity index (χ4n) is 9.23. The molecule has 0 fully saturated rings. The number of hydrogen-bond acceptors (Lipinski definition) is 4. The van der Waals surface area contributed by atoms with Crippen LogP contribution < -0.4 is 0 Å². The van der Waals surface area contributed by atoms with Crippen molar-refractivity contribution in [2.75, 3.05) is 0 Å². The van der Waals surface area contributed by atoms with Crippen LogP contribution in [0.4, 0.5) is 0 Å². The molecule has 0 aliphatic carbocycles. The Bertz CT molecular complexity index is 3360. The van der Waals surface area contributed by atoms with Gasteiger partial charge >= 0.3 is 0 Å². The molecule has 5 nitrogen and oxygen atoms in total. The predicted octanol–water partition coefficient (Wildman–Crippen LogP) is 16.1. The first-order valence-corrected chi connectivity index (χ1v) is 23.1. The van der Waals surface area contributed by atoms with Gasteiger partial charge in [0.2, 0.25) is 0 Å². The summed E-state index contributed by atoms with van der Waals surface area (Å²) in [5.74, 6) is 0.821. The summed E-state index contributed by atoms with van der Waals surface area (Å²) in [5, 5.41) is 12.7. The standard InChI is InChI=1S/C62H54N4O/c1-40-39-64-55(38-52(40)44-27-18-11-19-28-44)47-34-45(41-21-12-8-13-22-41)33-46(35-47)49-31-32-63-60-56(49)65-59(53-36-48(61(2,3)4)37-54(58(53)67)62(5,6)7)66(60)57-50(42-23-14-9-15-24-42)29-20-30-51(57)43-25-16-10-17-26-43/h8-39,67H,1-7H3. The topological polar surface area (TPSA) is 63.8 Å². The summed E-state index contributed by atoms with van der Waals surface area (Å²) < 4.78 is 2.20. The number of aromatic hydroxyl groups is 1. The van der Waals surface area contributed by atoms with E-state index in [1.165, 1.54) is 0 Å². The SMILES string of the molecule is Cc1cnc(-c2cc(-c3ccccc3)cc(-c3ccnc4c3nc(-c3cc(C(C)(C)C)cc(C(C)(C)C)c3O)n4-c3c(-c4ccccc4)cccc3-c3ccccc3)c2)cc1-c1ccccc1. The van der Waals surface area contributed by atoms with E-state index in [1.54, 1.807) is 0 Å². The fourth-order valence-corrected chi connectivity index (χ4v) is 9.23. The maximum atomic E-state index is 12.7. The first kappa shape index (κ1) is 43.0. The Morgan fingerprint density at radius 2 is 0.985 bits per heavy atom. The van der Waals surface area contributed by atoms with Crippen LogP contribution in [0.15, 0.2) is 194 Å². The third kappa shape index (κ3) is 8.23. The molecular formula is C62H54N4O. The Morgan fingerprint density at radius 3 is 1.55 bits per heavy atom. The van der Waals surface area contributed by atoms with Crippen molar-refractivity contribution in [1.29, 1.82) is 0 Å². The quantitative estimate of drug-likeness (QED) is 0.165. The van der Waals surface area contributed by atoms with Gasteiger partial charge in [0.1, 0.15) is 11.3 Å². The Morgan fingerprint density at radius 1 is 0.448 bits per heavy atom. The summed E-state index contributed by atoms with van der Waals surface area (Å²) in [6, 6.07) is 63.8. The number of imidazole rings is 1. The van der Waals surface area contributed by atoms with Gasteiger partial charge in [-0.05, 0) is 104 Å². The van der Waals surface area contributed by atoms with E-state index in [0.717, 1.165) is 94.8 Å². The molecule has 0 radical (unpaired) electrons. The smallest absolute Gasteiger partial charge is 0.165 e. The van der Waals surface area contributed by atoms with Gasteiger partial charge < -0.3 is 5.11 Å². The second kappa shape index (κ2) is 17.2. The van der Waals surface area contributed by atoms with E-state index in [4.69, 9.17) is 15.0 Å². The lowest BCUT2D eigenvalue weighted by molar-refractivity contribution is 0.446. The van der Waals surface area contributed by atoms with Gasteiger partial charge in [0.25, 0.3) is 0 Å². The third-order valence-electron chi connectivity index (χ3n) is 12.8. The molecule has 0 aliphatic heterocycles. The predicted molar refractivity (Wildman–Crippen MR) is 279 cm³/mol. The first-order chi connectivity index (χ1) is 32.3. The Kier molecular flexibility index (Phi) is 11.0. The normalized spacial score (nSPS) is 11.9. The molecule has 10 rings (SSSR count). The average molecular weight is 871 g/mol. The summed E-state index contributed by atoms with van der Waals surface area (Å²) in [6.07, 6.45) is 3.87. The molecule has 328 valence electrons. The van der Waals surface area contributed by atoms with Crippen LogP contribution in [0.25, 0.3) is 95.1 Å². The van der Waals surface area contributed by atoms with Gasteiger partial charge in [-0.3, -0.25) is 9.55 Å². The van der Waals surface area contributed by atoms with Crippen molar-refractivity contribution in [3.8, 4) is 89.7 Å². The lowest BCUT2D eigenvalue weighted by Gasteiger charge is -2.28. The number of aryl methyl sites for hydroxylation is 1. The zero-order valence-electron chi connectivity index (χ0n) is 39.2. The van der Waals surface area contributed by atoms with Crippen molar-refractivity contribution in [2.24, 2.45) is 0 Å². The van der Waals surface area contributed by atoms with Crippen LogP contribution in [-0.2, 0) is 10.8 Å². The summed E-state index contributed by atoms with van der Waals surface area (Å²) in [6.45, 7) is 15.2. The minimum atomic E-state index is -0.365. The lowest BCUT2D eigenvalue weighted by Crippen LogP contribution is -2.17. The third-order valence-corrected chi connectivity index (χ3v) is 12.8. The van der Waals surface area contributed by atoms with Gasteiger partial charge in [0.15, 0.2) is 11.5 Å². The highest BCUT2D eigenvalue weighted by Gasteiger charge is 2.30. The van der Waals surface area contributed by atoms with E-state index in [9.17, 15) is 5.11 Å². The summed E-state index contributed by atoms with van der Waals surface area (Å²) in [7, 11) is 0. The second-order valence-electron chi connectivity index (χ2n) is 19.6. The number of para-hydroxylation sites is 1. The van der Waals surface area contributed by atoms with Gasteiger partial charge in [-0.2, -0.15) is 0 Å². The number of pyridine rings is 2. The van der Waals surface area contributed by atoms with Crippen molar-refractivity contribution in [1.82, 2.24) is 19.5 Å². The van der Waals surface area contributed by atoms with Crippen LogP contribution in [0.1, 0.15) is 58.2 Å². The molecular weight excluding hydrogens is 817 g/mol. The molecule has 10 aromatic rings. The number of rotatable bonds is 8. The van der Waals surface area contributed by atoms with Crippen molar-refractivity contribution in [3.05, 3.63) is 211 Å². The van der Waals surface area contributed by atoms with Gasteiger partial charge in [0.05, 0.1) is 16.9 Å². The Hall–Kier alpha value is -7.89. The molecule has 0 aliphatic rings. The Balaban J connectivity index is 1.32. The second-order valence-corrected chi connectivity index (χ2v) is 19.6. The van der Waals surface area contributed by atoms with Crippen molar-refractivity contribution in [2.45, 2.75) is 59.3 Å². The van der Waals surface area contributed by atoms with Crippen molar-refractivity contribution in [3.63, 3.8) is 0 Å². The van der Waals surface area contributed by atoms with Crippen molar-refractivity contribution >= 4 is 11.2 Å². The molecule has 0 saturated carbocycles. The summed E-state index contributed by atoms with van der Waals surface area (Å²) in [5.41, 5.74) is 17.8. The minimum Gasteiger partial charge on any atom is -0.507 e. The van der Waals surface area contributed by atoms with Crippen LogP contribution in [0, 0.1) is 6.92 Å². The zero-order valence-corrected chi connectivity index (χ0v) is 39.2. The molecule has 3 aromatic heterocycles. The maximum absolute atomic E-state index is 12.7. The number of phenols is 1. The van der Waals surface area contributed by atoms with E-state index < -0.39 is 0 Å². The molecule has 1 N–H and O–H groups in total. The number of aromatic nitrogens is 4. The van der Waals surface area contributed by atoms with E-state index in [2.05, 4.69) is 217 Å². The highest BCUT2D eigenvalue weighted by atomic mass is 16.3. The molecule has 0 bridgehead atoms. The molecule has 67 heavy (non-hydrogen) atoms. The Labute approximate surface area is 394 Å². The average Bonchev–Trinajstić information content (AvgIpc) is 3.73. The molecule has 3 heterocycles. The molecule has 0 spiro atoms. The minimum absolute atomic E-state index is 0.213. The lowest BCUT2D eigenvalue weighted by atomic mass is 9.79. The largest absolute Gasteiger partial charge is 0.507 e. The van der Waals surface area contributed by atoms with Gasteiger partial charge in [-0.1, -0.05) is 187 Å². The number of hydrogen-bond donors (Lipinski definition) is 1. The van der Waals surface area contributed by atoms with Gasteiger partial charge in [0, 0.05) is 40.2 Å². The van der Waals surface area contributed by atoms with Crippen LogP contribution in [0.5, 0.6) is 5.75 Å². The fraction of sp³-hybridized carbons (Fsp3) is 0.145. The van der Waals surface area contributed by atoms with Crippen LogP contribution >= 0.6 is 0 Å². The molecule has 0 amide bonds. The van der Waals surface area contributed by atoms with Crippen LogP contribution in [-0.4, -0.2) is 24.6 Å². The van der Waals surface area contributed by atoms with E-state index in [0.29, 0.717) is 17.0 Å². The molecule has 5 heteroatoms. The van der Waals surface area contributed by atoms with E-state index in [-0.39, 0.29) is 16.6 Å². The zero-order chi connectivity index (χ0) is 46.5. The molecule has 0 unspecified atom stereocenters. The molecule has 0 saturated heterocycles.